The van der Waals surface area contributed by atoms with Crippen molar-refractivity contribution < 1.29 is 9.84 Å². The first-order valence-corrected chi connectivity index (χ1v) is 7.62. The molecule has 0 radical (unpaired) electrons. The lowest BCUT2D eigenvalue weighted by molar-refractivity contribution is 0.122. The number of rotatable bonds is 5. The molecule has 3 rings (SSSR count). The number of morpholine rings is 1. The van der Waals surface area contributed by atoms with E-state index in [4.69, 9.17) is 9.84 Å². The standard InChI is InChI=1S/C14H22N6O2/c1-10(2)20-9-16-11-12(19-4-7-22-8-5-19)17-14(15-3-6-21)18-13(11)20/h9-10,21H,3-8H2,1-2H3,(H,15,17,18). The van der Waals surface area contributed by atoms with Crippen molar-refractivity contribution in [1.29, 1.82) is 0 Å². The van der Waals surface area contributed by atoms with Gasteiger partial charge in [0, 0.05) is 25.7 Å². The predicted octanol–water partition coefficient (Wildman–Crippen LogP) is 0.648. The molecule has 0 spiro atoms. The van der Waals surface area contributed by atoms with Crippen molar-refractivity contribution in [3.63, 3.8) is 0 Å². The lowest BCUT2D eigenvalue weighted by atomic mass is 10.3. The van der Waals surface area contributed by atoms with Gasteiger partial charge in [-0.1, -0.05) is 0 Å². The third-order valence-corrected chi connectivity index (χ3v) is 3.66. The second-order valence-electron chi connectivity index (χ2n) is 5.54. The second kappa shape index (κ2) is 6.45. The summed E-state index contributed by atoms with van der Waals surface area (Å²) in [7, 11) is 0. The molecule has 22 heavy (non-hydrogen) atoms. The highest BCUT2D eigenvalue weighted by Crippen LogP contribution is 2.26. The highest BCUT2D eigenvalue weighted by atomic mass is 16.5. The predicted molar refractivity (Wildman–Crippen MR) is 84.3 cm³/mol. The first-order chi connectivity index (χ1) is 10.7. The van der Waals surface area contributed by atoms with Crippen molar-refractivity contribution in [2.24, 2.45) is 0 Å². The van der Waals surface area contributed by atoms with Gasteiger partial charge in [-0.2, -0.15) is 9.97 Å². The summed E-state index contributed by atoms with van der Waals surface area (Å²) in [5, 5.41) is 12.0. The molecule has 2 aromatic rings. The average molecular weight is 306 g/mol. The lowest BCUT2D eigenvalue weighted by Gasteiger charge is -2.28. The number of nitrogens with zero attached hydrogens (tertiary/aromatic N) is 5. The fourth-order valence-corrected chi connectivity index (χ4v) is 2.52. The van der Waals surface area contributed by atoms with Crippen molar-refractivity contribution in [3.8, 4) is 0 Å². The van der Waals surface area contributed by atoms with Gasteiger partial charge in [-0.05, 0) is 13.8 Å². The Kier molecular flexibility index (Phi) is 4.39. The molecule has 120 valence electrons. The summed E-state index contributed by atoms with van der Waals surface area (Å²) < 4.78 is 7.45. The monoisotopic (exact) mass is 306 g/mol. The molecule has 0 unspecified atom stereocenters. The summed E-state index contributed by atoms with van der Waals surface area (Å²) in [6, 6.07) is 0.267. The Morgan fingerprint density at radius 2 is 2.09 bits per heavy atom. The number of aliphatic hydroxyl groups is 1. The van der Waals surface area contributed by atoms with E-state index in [1.54, 1.807) is 0 Å². The number of aliphatic hydroxyl groups excluding tert-OH is 1. The van der Waals surface area contributed by atoms with Gasteiger partial charge in [0.2, 0.25) is 5.95 Å². The zero-order valence-corrected chi connectivity index (χ0v) is 13.0. The van der Waals surface area contributed by atoms with E-state index in [2.05, 4.69) is 39.0 Å². The average Bonchev–Trinajstić information content (AvgIpc) is 2.97. The Morgan fingerprint density at radius 1 is 1.32 bits per heavy atom. The van der Waals surface area contributed by atoms with Crippen molar-refractivity contribution in [3.05, 3.63) is 6.33 Å². The lowest BCUT2D eigenvalue weighted by Crippen LogP contribution is -2.37. The second-order valence-corrected chi connectivity index (χ2v) is 5.54. The molecule has 1 aliphatic heterocycles. The first-order valence-electron chi connectivity index (χ1n) is 7.62. The Balaban J connectivity index is 2.07. The van der Waals surface area contributed by atoms with E-state index in [0.29, 0.717) is 25.7 Å². The van der Waals surface area contributed by atoms with E-state index in [-0.39, 0.29) is 12.6 Å². The van der Waals surface area contributed by atoms with Crippen LogP contribution in [0.3, 0.4) is 0 Å². The molecule has 1 saturated heterocycles. The number of imidazole rings is 1. The van der Waals surface area contributed by atoms with Crippen LogP contribution in [0.2, 0.25) is 0 Å². The van der Waals surface area contributed by atoms with Crippen LogP contribution in [0.25, 0.3) is 11.2 Å². The smallest absolute Gasteiger partial charge is 0.226 e. The fourth-order valence-electron chi connectivity index (χ4n) is 2.52. The van der Waals surface area contributed by atoms with Gasteiger partial charge >= 0.3 is 0 Å². The highest BCUT2D eigenvalue weighted by molar-refractivity contribution is 5.85. The quantitative estimate of drug-likeness (QED) is 0.838. The number of aromatic nitrogens is 4. The van der Waals surface area contributed by atoms with Gasteiger partial charge in [-0.25, -0.2) is 4.98 Å². The van der Waals surface area contributed by atoms with Crippen LogP contribution in [0.5, 0.6) is 0 Å². The maximum absolute atomic E-state index is 9.00. The summed E-state index contributed by atoms with van der Waals surface area (Å²) in [4.78, 5) is 15.8. The molecule has 2 aromatic heterocycles. The largest absolute Gasteiger partial charge is 0.395 e. The molecule has 0 bridgehead atoms. The molecular formula is C14H22N6O2. The van der Waals surface area contributed by atoms with Crippen LogP contribution >= 0.6 is 0 Å². The zero-order valence-electron chi connectivity index (χ0n) is 13.0. The number of fused-ring (bicyclic) bond motifs is 1. The molecule has 0 aliphatic carbocycles. The molecule has 3 heterocycles. The van der Waals surface area contributed by atoms with Crippen LogP contribution in [0.1, 0.15) is 19.9 Å². The fraction of sp³-hybridized carbons (Fsp3) is 0.643. The highest BCUT2D eigenvalue weighted by Gasteiger charge is 2.21. The number of anilines is 2. The van der Waals surface area contributed by atoms with Gasteiger partial charge in [-0.15, -0.1) is 0 Å². The summed E-state index contributed by atoms with van der Waals surface area (Å²) in [6.45, 7) is 7.62. The van der Waals surface area contributed by atoms with Crippen molar-refractivity contribution in [2.75, 3.05) is 49.7 Å². The van der Waals surface area contributed by atoms with Crippen LogP contribution in [0, 0.1) is 0 Å². The molecule has 2 N–H and O–H groups in total. The molecule has 0 amide bonds. The SMILES string of the molecule is CC(C)n1cnc2c(N3CCOCC3)nc(NCCO)nc21. The summed E-state index contributed by atoms with van der Waals surface area (Å²) in [6.07, 6.45) is 1.81. The van der Waals surface area contributed by atoms with E-state index in [9.17, 15) is 0 Å². The van der Waals surface area contributed by atoms with Gasteiger partial charge < -0.3 is 24.6 Å². The van der Waals surface area contributed by atoms with E-state index in [1.807, 2.05) is 10.9 Å². The molecular weight excluding hydrogens is 284 g/mol. The maximum Gasteiger partial charge on any atom is 0.226 e. The number of nitrogens with one attached hydrogen (secondary N) is 1. The summed E-state index contributed by atoms with van der Waals surface area (Å²) in [5.74, 6) is 1.35. The number of ether oxygens (including phenoxy) is 1. The van der Waals surface area contributed by atoms with Crippen LogP contribution in [0.4, 0.5) is 11.8 Å². The minimum absolute atomic E-state index is 0.0394. The maximum atomic E-state index is 9.00. The molecule has 8 heteroatoms. The Morgan fingerprint density at radius 3 is 2.77 bits per heavy atom. The Hall–Kier alpha value is -1.93. The van der Waals surface area contributed by atoms with E-state index < -0.39 is 0 Å². The van der Waals surface area contributed by atoms with Crippen LogP contribution < -0.4 is 10.2 Å². The summed E-state index contributed by atoms with van der Waals surface area (Å²) >= 11 is 0. The van der Waals surface area contributed by atoms with Gasteiger partial charge in [0.05, 0.1) is 26.1 Å². The van der Waals surface area contributed by atoms with Gasteiger partial charge in [0.15, 0.2) is 17.0 Å². The molecule has 0 aromatic carbocycles. The first kappa shape index (κ1) is 15.0. The Labute approximate surface area is 129 Å². The molecule has 1 aliphatic rings. The van der Waals surface area contributed by atoms with Gasteiger partial charge in [-0.3, -0.25) is 0 Å². The van der Waals surface area contributed by atoms with E-state index in [0.717, 1.165) is 30.1 Å². The number of hydrogen-bond donors (Lipinski definition) is 2. The minimum Gasteiger partial charge on any atom is -0.395 e. The normalized spacial score (nSPS) is 15.7. The molecule has 8 nitrogen and oxygen atoms in total. The van der Waals surface area contributed by atoms with Crippen molar-refractivity contribution in [2.45, 2.75) is 19.9 Å². The number of hydrogen-bond acceptors (Lipinski definition) is 7. The van der Waals surface area contributed by atoms with Crippen molar-refractivity contribution in [1.82, 2.24) is 19.5 Å². The van der Waals surface area contributed by atoms with E-state index >= 15 is 0 Å². The summed E-state index contributed by atoms with van der Waals surface area (Å²) in [5.41, 5.74) is 1.62. The minimum atomic E-state index is 0.0394. The molecule has 0 atom stereocenters. The van der Waals surface area contributed by atoms with Gasteiger partial charge in [0.25, 0.3) is 0 Å². The molecule has 1 fully saturated rings. The van der Waals surface area contributed by atoms with Gasteiger partial charge in [0.1, 0.15) is 0 Å². The Bertz CT molecular complexity index is 636. The third-order valence-electron chi connectivity index (χ3n) is 3.66. The molecule has 0 saturated carbocycles. The van der Waals surface area contributed by atoms with Crippen LogP contribution in [-0.4, -0.2) is 64.1 Å². The topological polar surface area (TPSA) is 88.3 Å². The third kappa shape index (κ3) is 2.84. The van der Waals surface area contributed by atoms with E-state index in [1.165, 1.54) is 0 Å². The van der Waals surface area contributed by atoms with Crippen molar-refractivity contribution >= 4 is 22.9 Å². The zero-order chi connectivity index (χ0) is 15.5. The van der Waals surface area contributed by atoms with Crippen LogP contribution in [-0.2, 0) is 4.74 Å². The van der Waals surface area contributed by atoms with Crippen LogP contribution in [0.15, 0.2) is 6.33 Å².